The minimum Gasteiger partial charge on any atom is -0.310 e. The maximum atomic E-state index is 13.1. The Labute approximate surface area is 104 Å². The van der Waals surface area contributed by atoms with Crippen LogP contribution in [0.4, 0.5) is 17.6 Å². The Bertz CT molecular complexity index is 387. The highest BCUT2D eigenvalue weighted by Crippen LogP contribution is 2.30. The fourth-order valence-corrected chi connectivity index (χ4v) is 1.74. The summed E-state index contributed by atoms with van der Waals surface area (Å²) in [4.78, 5) is 0. The third kappa shape index (κ3) is 4.64. The van der Waals surface area contributed by atoms with Crippen LogP contribution in [0.3, 0.4) is 0 Å². The van der Waals surface area contributed by atoms with E-state index in [9.17, 15) is 17.6 Å². The molecule has 1 unspecified atom stereocenters. The molecule has 18 heavy (non-hydrogen) atoms. The molecule has 0 radical (unpaired) electrons. The van der Waals surface area contributed by atoms with E-state index in [0.717, 1.165) is 6.42 Å². The van der Waals surface area contributed by atoms with Gasteiger partial charge in [0.1, 0.15) is 5.82 Å². The van der Waals surface area contributed by atoms with Gasteiger partial charge >= 0.3 is 6.18 Å². The molecule has 0 fully saturated rings. The summed E-state index contributed by atoms with van der Waals surface area (Å²) in [5, 5.41) is 2.85. The molecule has 1 N–H and O–H groups in total. The lowest BCUT2D eigenvalue weighted by Crippen LogP contribution is -2.27. The van der Waals surface area contributed by atoms with Crippen molar-refractivity contribution in [2.75, 3.05) is 6.54 Å². The minimum atomic E-state index is -4.24. The quantitative estimate of drug-likeness (QED) is 0.788. The summed E-state index contributed by atoms with van der Waals surface area (Å²) in [5.41, 5.74) is 0.831. The van der Waals surface area contributed by atoms with Gasteiger partial charge in [0.25, 0.3) is 0 Å². The lowest BCUT2D eigenvalue weighted by atomic mass is 10.0. The molecule has 0 aliphatic rings. The highest BCUT2D eigenvalue weighted by molar-refractivity contribution is 5.26. The monoisotopic (exact) mass is 263 g/mol. The van der Waals surface area contributed by atoms with E-state index in [1.165, 1.54) is 18.2 Å². The molecule has 1 atom stereocenters. The van der Waals surface area contributed by atoms with Gasteiger partial charge in [0.15, 0.2) is 0 Å². The van der Waals surface area contributed by atoms with Crippen molar-refractivity contribution in [2.24, 2.45) is 0 Å². The molecule has 0 aliphatic heterocycles. The Morgan fingerprint density at radius 3 is 2.44 bits per heavy atom. The number of hydrogen-bond acceptors (Lipinski definition) is 1. The summed E-state index contributed by atoms with van der Waals surface area (Å²) in [6, 6.07) is 3.27. The second-order valence-electron chi connectivity index (χ2n) is 4.33. The zero-order chi connectivity index (χ0) is 13.8. The van der Waals surface area contributed by atoms with Crippen LogP contribution < -0.4 is 5.32 Å². The minimum absolute atomic E-state index is 0.359. The lowest BCUT2D eigenvalue weighted by Gasteiger charge is -2.21. The van der Waals surface area contributed by atoms with E-state index in [2.05, 4.69) is 5.32 Å². The van der Waals surface area contributed by atoms with Gasteiger partial charge in [0.05, 0.1) is 6.42 Å². The first-order valence-electron chi connectivity index (χ1n) is 5.89. The molecule has 0 amide bonds. The van der Waals surface area contributed by atoms with Crippen molar-refractivity contribution in [1.82, 2.24) is 5.32 Å². The standard InChI is InChI=1S/C13H17F4N/c1-3-6-18-12(8-13(15,16)17)10-4-5-11(14)9(2)7-10/h4-5,7,12,18H,3,6,8H2,1-2H3. The SMILES string of the molecule is CCCNC(CC(F)(F)F)c1ccc(F)c(C)c1. The number of aryl methyl sites for hydroxylation is 1. The van der Waals surface area contributed by atoms with Gasteiger partial charge in [-0.2, -0.15) is 13.2 Å². The third-order valence-corrected chi connectivity index (χ3v) is 2.66. The number of benzene rings is 1. The fraction of sp³-hybridized carbons (Fsp3) is 0.538. The second-order valence-corrected chi connectivity index (χ2v) is 4.33. The molecule has 0 aromatic heterocycles. The predicted molar refractivity (Wildman–Crippen MR) is 62.8 cm³/mol. The van der Waals surface area contributed by atoms with Gasteiger partial charge in [0.2, 0.25) is 0 Å². The van der Waals surface area contributed by atoms with Crippen molar-refractivity contribution >= 4 is 0 Å². The first-order chi connectivity index (χ1) is 8.33. The van der Waals surface area contributed by atoms with Gasteiger partial charge in [-0.05, 0) is 37.1 Å². The van der Waals surface area contributed by atoms with Crippen LogP contribution in [-0.4, -0.2) is 12.7 Å². The Hall–Kier alpha value is -1.10. The van der Waals surface area contributed by atoms with E-state index in [1.54, 1.807) is 6.92 Å². The molecule has 0 aliphatic carbocycles. The van der Waals surface area contributed by atoms with Gasteiger partial charge < -0.3 is 5.32 Å². The maximum Gasteiger partial charge on any atom is 0.390 e. The van der Waals surface area contributed by atoms with Gasteiger partial charge in [0, 0.05) is 6.04 Å². The average Bonchev–Trinajstić information content (AvgIpc) is 2.26. The Morgan fingerprint density at radius 2 is 1.94 bits per heavy atom. The molecule has 102 valence electrons. The van der Waals surface area contributed by atoms with Crippen LogP contribution in [0, 0.1) is 12.7 Å². The zero-order valence-corrected chi connectivity index (χ0v) is 10.4. The molecule has 1 aromatic rings. The molecule has 0 saturated carbocycles. The molecule has 1 nitrogen and oxygen atoms in total. The molecular weight excluding hydrogens is 246 g/mol. The van der Waals surface area contributed by atoms with Crippen molar-refractivity contribution in [3.8, 4) is 0 Å². The molecule has 0 spiro atoms. The largest absolute Gasteiger partial charge is 0.390 e. The Kier molecular flexibility index (Phi) is 5.14. The van der Waals surface area contributed by atoms with Gasteiger partial charge in [-0.1, -0.05) is 19.1 Å². The average molecular weight is 263 g/mol. The second kappa shape index (κ2) is 6.18. The number of halogens is 4. The Morgan fingerprint density at radius 1 is 1.28 bits per heavy atom. The topological polar surface area (TPSA) is 12.0 Å². The lowest BCUT2D eigenvalue weighted by molar-refractivity contribution is -0.140. The highest BCUT2D eigenvalue weighted by atomic mass is 19.4. The molecule has 0 heterocycles. The van der Waals surface area contributed by atoms with Crippen LogP contribution in [0.2, 0.25) is 0 Å². The van der Waals surface area contributed by atoms with E-state index in [-0.39, 0.29) is 0 Å². The van der Waals surface area contributed by atoms with Crippen LogP contribution >= 0.6 is 0 Å². The van der Waals surface area contributed by atoms with Crippen molar-refractivity contribution in [1.29, 1.82) is 0 Å². The summed E-state index contributed by atoms with van der Waals surface area (Å²) in [6.45, 7) is 3.92. The summed E-state index contributed by atoms with van der Waals surface area (Å²) in [5.74, 6) is -0.403. The van der Waals surface area contributed by atoms with Gasteiger partial charge in [-0.3, -0.25) is 0 Å². The molecule has 0 bridgehead atoms. The van der Waals surface area contributed by atoms with Crippen LogP contribution in [0.15, 0.2) is 18.2 Å². The van der Waals surface area contributed by atoms with Crippen molar-refractivity contribution in [3.05, 3.63) is 35.1 Å². The summed E-state index contributed by atoms with van der Waals surface area (Å²) < 4.78 is 50.6. The van der Waals surface area contributed by atoms with Crippen LogP contribution in [0.5, 0.6) is 0 Å². The number of nitrogens with one attached hydrogen (secondary N) is 1. The normalized spacial score (nSPS) is 13.7. The predicted octanol–water partition coefficient (Wildman–Crippen LogP) is 4.13. The zero-order valence-electron chi connectivity index (χ0n) is 10.4. The highest BCUT2D eigenvalue weighted by Gasteiger charge is 2.32. The van der Waals surface area contributed by atoms with Crippen molar-refractivity contribution in [3.63, 3.8) is 0 Å². The van der Waals surface area contributed by atoms with Crippen molar-refractivity contribution in [2.45, 2.75) is 38.9 Å². The van der Waals surface area contributed by atoms with Crippen molar-refractivity contribution < 1.29 is 17.6 Å². The van der Waals surface area contributed by atoms with E-state index in [0.29, 0.717) is 17.7 Å². The maximum absolute atomic E-state index is 13.1. The molecule has 0 saturated heterocycles. The van der Waals surface area contributed by atoms with Crippen LogP contribution in [0.1, 0.15) is 36.9 Å². The molecule has 5 heteroatoms. The van der Waals surface area contributed by atoms with Crippen LogP contribution in [-0.2, 0) is 0 Å². The summed E-state index contributed by atoms with van der Waals surface area (Å²) >= 11 is 0. The van der Waals surface area contributed by atoms with Gasteiger partial charge in [-0.25, -0.2) is 4.39 Å². The smallest absolute Gasteiger partial charge is 0.310 e. The van der Waals surface area contributed by atoms with Gasteiger partial charge in [-0.15, -0.1) is 0 Å². The summed E-state index contributed by atoms with van der Waals surface area (Å²) in [7, 11) is 0. The fourth-order valence-electron chi connectivity index (χ4n) is 1.74. The van der Waals surface area contributed by atoms with Crippen LogP contribution in [0.25, 0.3) is 0 Å². The van der Waals surface area contributed by atoms with E-state index < -0.39 is 24.5 Å². The summed E-state index contributed by atoms with van der Waals surface area (Å²) in [6.07, 6.45) is -4.44. The number of hydrogen-bond donors (Lipinski definition) is 1. The first-order valence-corrected chi connectivity index (χ1v) is 5.89. The molecular formula is C13H17F4N. The molecule has 1 aromatic carbocycles. The first kappa shape index (κ1) is 15.0. The number of alkyl halides is 3. The van der Waals surface area contributed by atoms with E-state index in [1.807, 2.05) is 6.92 Å². The number of rotatable bonds is 5. The van der Waals surface area contributed by atoms with E-state index in [4.69, 9.17) is 0 Å². The Balaban J connectivity index is 2.90. The molecule has 1 rings (SSSR count). The third-order valence-electron chi connectivity index (χ3n) is 2.66. The van der Waals surface area contributed by atoms with E-state index >= 15 is 0 Å².